The Hall–Kier alpha value is -1.26. The van der Waals surface area contributed by atoms with Crippen LogP contribution in [0.25, 0.3) is 0 Å². The fourth-order valence-corrected chi connectivity index (χ4v) is 2.73. The number of phenolic OH excluding ortho intramolecular Hbond substituents is 1. The largest absolute Gasteiger partial charge is 0.508 e. The molecule has 19 heavy (non-hydrogen) atoms. The quantitative estimate of drug-likeness (QED) is 0.760. The van der Waals surface area contributed by atoms with Gasteiger partial charge in [-0.1, -0.05) is 13.0 Å². The lowest BCUT2D eigenvalue weighted by Crippen LogP contribution is -2.21. The van der Waals surface area contributed by atoms with Crippen LogP contribution in [0.3, 0.4) is 0 Å². The van der Waals surface area contributed by atoms with Gasteiger partial charge >= 0.3 is 0 Å². The van der Waals surface area contributed by atoms with Gasteiger partial charge in [-0.05, 0) is 26.0 Å². The molecular formula is C15H24N2O2. The van der Waals surface area contributed by atoms with Crippen LogP contribution in [0.15, 0.2) is 18.2 Å². The van der Waals surface area contributed by atoms with Crippen molar-refractivity contribution in [2.75, 3.05) is 31.1 Å². The van der Waals surface area contributed by atoms with Gasteiger partial charge in [-0.2, -0.15) is 0 Å². The Kier molecular flexibility index (Phi) is 4.66. The molecule has 0 bridgehead atoms. The minimum absolute atomic E-state index is 0.155. The molecule has 1 fully saturated rings. The Morgan fingerprint density at radius 2 is 2.26 bits per heavy atom. The van der Waals surface area contributed by atoms with E-state index >= 15 is 0 Å². The van der Waals surface area contributed by atoms with Crippen molar-refractivity contribution in [1.29, 1.82) is 0 Å². The molecule has 2 unspecified atom stereocenters. The summed E-state index contributed by atoms with van der Waals surface area (Å²) in [5.74, 6) is 0.709. The third-order valence-corrected chi connectivity index (χ3v) is 3.90. The molecule has 1 aliphatic heterocycles. The molecule has 0 aromatic heterocycles. The molecule has 2 rings (SSSR count). The van der Waals surface area contributed by atoms with E-state index in [1.165, 1.54) is 0 Å². The van der Waals surface area contributed by atoms with Crippen LogP contribution in [0.5, 0.6) is 5.75 Å². The predicted octanol–water partition coefficient (Wildman–Crippen LogP) is 1.88. The number of aromatic hydroxyl groups is 1. The van der Waals surface area contributed by atoms with Gasteiger partial charge in [-0.3, -0.25) is 0 Å². The molecule has 0 radical (unpaired) electrons. The number of nitrogens with zero attached hydrogens (tertiary/aromatic N) is 1. The highest BCUT2D eigenvalue weighted by Gasteiger charge is 2.22. The number of anilines is 1. The topological polar surface area (TPSA) is 55.7 Å². The third-order valence-electron chi connectivity index (χ3n) is 3.90. The van der Waals surface area contributed by atoms with E-state index in [4.69, 9.17) is 0 Å². The molecule has 106 valence electrons. The van der Waals surface area contributed by atoms with E-state index in [9.17, 15) is 10.2 Å². The molecule has 3 N–H and O–H groups in total. The number of nitrogens with one attached hydrogen (secondary N) is 1. The normalized spacial score (nSPS) is 20.8. The van der Waals surface area contributed by atoms with Gasteiger partial charge < -0.3 is 20.4 Å². The van der Waals surface area contributed by atoms with E-state index in [0.29, 0.717) is 11.7 Å². The maximum Gasteiger partial charge on any atom is 0.122 e. The molecule has 0 aliphatic carbocycles. The van der Waals surface area contributed by atoms with Crippen LogP contribution in [0.2, 0.25) is 0 Å². The molecule has 1 aliphatic rings. The van der Waals surface area contributed by atoms with E-state index in [-0.39, 0.29) is 12.6 Å². The summed E-state index contributed by atoms with van der Waals surface area (Å²) in [7, 11) is 0. The molecule has 1 saturated heterocycles. The molecule has 0 spiro atoms. The molecule has 1 aromatic rings. The van der Waals surface area contributed by atoms with Crippen LogP contribution in [0.4, 0.5) is 5.69 Å². The van der Waals surface area contributed by atoms with E-state index in [2.05, 4.69) is 30.1 Å². The van der Waals surface area contributed by atoms with Crippen LogP contribution in [0.1, 0.15) is 31.9 Å². The average Bonchev–Trinajstić information content (AvgIpc) is 2.87. The summed E-state index contributed by atoms with van der Waals surface area (Å²) in [6, 6.07) is 6.04. The van der Waals surface area contributed by atoms with Crippen LogP contribution < -0.4 is 10.2 Å². The smallest absolute Gasteiger partial charge is 0.122 e. The van der Waals surface area contributed by atoms with Crippen molar-refractivity contribution in [2.24, 2.45) is 5.92 Å². The SMILES string of the molecule is CCNC(C)c1ccc(N2CCC(CO)C2)cc1O. The summed E-state index contributed by atoms with van der Waals surface area (Å²) in [5, 5.41) is 22.6. The summed E-state index contributed by atoms with van der Waals surface area (Å²) in [5.41, 5.74) is 1.98. The van der Waals surface area contributed by atoms with Crippen molar-refractivity contribution in [3.8, 4) is 5.75 Å². The van der Waals surface area contributed by atoms with Crippen LogP contribution in [-0.4, -0.2) is 36.5 Å². The van der Waals surface area contributed by atoms with Crippen molar-refractivity contribution >= 4 is 5.69 Å². The fraction of sp³-hybridized carbons (Fsp3) is 0.600. The maximum atomic E-state index is 10.2. The Morgan fingerprint density at radius 3 is 2.84 bits per heavy atom. The standard InChI is InChI=1S/C15H24N2O2/c1-3-16-11(2)14-5-4-13(8-15(14)19)17-7-6-12(9-17)10-18/h4-5,8,11-12,16,18-19H,3,6-7,9-10H2,1-2H3. The Labute approximate surface area is 115 Å². The van der Waals surface area contributed by atoms with Gasteiger partial charge in [-0.25, -0.2) is 0 Å². The second kappa shape index (κ2) is 6.26. The minimum Gasteiger partial charge on any atom is -0.508 e. The minimum atomic E-state index is 0.155. The third kappa shape index (κ3) is 3.19. The first-order valence-electron chi connectivity index (χ1n) is 7.07. The summed E-state index contributed by atoms with van der Waals surface area (Å²) >= 11 is 0. The number of hydrogen-bond donors (Lipinski definition) is 3. The van der Waals surface area contributed by atoms with Gasteiger partial charge in [0.15, 0.2) is 0 Å². The molecule has 0 amide bonds. The van der Waals surface area contributed by atoms with Crippen molar-refractivity contribution in [2.45, 2.75) is 26.3 Å². The summed E-state index contributed by atoms with van der Waals surface area (Å²) in [6.45, 7) is 7.06. The van der Waals surface area contributed by atoms with Crippen molar-refractivity contribution in [3.05, 3.63) is 23.8 Å². The lowest BCUT2D eigenvalue weighted by Gasteiger charge is -2.21. The first-order chi connectivity index (χ1) is 9.15. The molecule has 4 nitrogen and oxygen atoms in total. The molecule has 1 heterocycles. The van der Waals surface area contributed by atoms with Crippen molar-refractivity contribution in [1.82, 2.24) is 5.32 Å². The zero-order valence-corrected chi connectivity index (χ0v) is 11.8. The second-order valence-electron chi connectivity index (χ2n) is 5.31. The van der Waals surface area contributed by atoms with Gasteiger partial charge in [0.05, 0.1) is 0 Å². The number of aliphatic hydroxyl groups excluding tert-OH is 1. The zero-order chi connectivity index (χ0) is 13.8. The Balaban J connectivity index is 2.11. The zero-order valence-electron chi connectivity index (χ0n) is 11.8. The predicted molar refractivity (Wildman–Crippen MR) is 77.6 cm³/mol. The van der Waals surface area contributed by atoms with Crippen LogP contribution in [0, 0.1) is 5.92 Å². The lowest BCUT2D eigenvalue weighted by atomic mass is 10.1. The van der Waals surface area contributed by atoms with Crippen molar-refractivity contribution < 1.29 is 10.2 Å². The van der Waals surface area contributed by atoms with E-state index < -0.39 is 0 Å². The second-order valence-corrected chi connectivity index (χ2v) is 5.31. The number of rotatable bonds is 5. The Morgan fingerprint density at radius 1 is 1.47 bits per heavy atom. The Bertz CT molecular complexity index is 423. The summed E-state index contributed by atoms with van der Waals surface area (Å²) in [4.78, 5) is 2.22. The highest BCUT2D eigenvalue weighted by atomic mass is 16.3. The van der Waals surface area contributed by atoms with Gasteiger partial charge in [0.25, 0.3) is 0 Å². The first kappa shape index (κ1) is 14.2. The van der Waals surface area contributed by atoms with Gasteiger partial charge in [0, 0.05) is 49.0 Å². The number of benzene rings is 1. The fourth-order valence-electron chi connectivity index (χ4n) is 2.73. The molecule has 0 saturated carbocycles. The molecule has 4 heteroatoms. The maximum absolute atomic E-state index is 10.2. The molecule has 1 aromatic carbocycles. The van der Waals surface area contributed by atoms with E-state index in [1.54, 1.807) is 0 Å². The monoisotopic (exact) mass is 264 g/mol. The van der Waals surface area contributed by atoms with Crippen LogP contribution >= 0.6 is 0 Å². The number of aliphatic hydroxyl groups is 1. The summed E-state index contributed by atoms with van der Waals surface area (Å²) in [6.07, 6.45) is 1.02. The highest BCUT2D eigenvalue weighted by molar-refractivity contribution is 5.54. The number of hydrogen-bond acceptors (Lipinski definition) is 4. The molecular weight excluding hydrogens is 240 g/mol. The van der Waals surface area contributed by atoms with E-state index in [1.807, 2.05) is 12.1 Å². The summed E-state index contributed by atoms with van der Waals surface area (Å²) < 4.78 is 0. The number of phenols is 1. The first-order valence-corrected chi connectivity index (χ1v) is 7.07. The average molecular weight is 264 g/mol. The lowest BCUT2D eigenvalue weighted by molar-refractivity contribution is 0.238. The van der Waals surface area contributed by atoms with Gasteiger partial charge in [0.1, 0.15) is 5.75 Å². The van der Waals surface area contributed by atoms with Crippen LogP contribution in [-0.2, 0) is 0 Å². The van der Waals surface area contributed by atoms with Crippen molar-refractivity contribution in [3.63, 3.8) is 0 Å². The van der Waals surface area contributed by atoms with E-state index in [0.717, 1.165) is 37.3 Å². The molecule has 2 atom stereocenters. The highest BCUT2D eigenvalue weighted by Crippen LogP contribution is 2.31. The van der Waals surface area contributed by atoms with Gasteiger partial charge in [0.2, 0.25) is 0 Å². The van der Waals surface area contributed by atoms with Gasteiger partial charge in [-0.15, -0.1) is 0 Å².